The van der Waals surface area contributed by atoms with Crippen molar-refractivity contribution in [2.45, 2.75) is 38.8 Å². The molecule has 1 saturated carbocycles. The van der Waals surface area contributed by atoms with Gasteiger partial charge in [-0.05, 0) is 19.8 Å². The summed E-state index contributed by atoms with van der Waals surface area (Å²) in [5, 5.41) is 2.99. The van der Waals surface area contributed by atoms with E-state index in [-0.39, 0.29) is 11.9 Å². The number of amides is 1. The first kappa shape index (κ1) is 13.0. The van der Waals surface area contributed by atoms with E-state index < -0.39 is 5.41 Å². The van der Waals surface area contributed by atoms with E-state index in [9.17, 15) is 4.79 Å². The van der Waals surface area contributed by atoms with E-state index in [1.54, 1.807) is 12.5 Å². The lowest BCUT2D eigenvalue weighted by molar-refractivity contribution is -0.131. The molecule has 0 spiro atoms. The zero-order chi connectivity index (χ0) is 13.2. The van der Waals surface area contributed by atoms with Gasteiger partial charge in [-0.15, -0.1) is 0 Å². The minimum atomic E-state index is -0.599. The molecule has 0 aromatic carbocycles. The molecule has 1 unspecified atom stereocenters. The molecule has 1 amide bonds. The Labute approximate surface area is 112 Å². The Morgan fingerprint density at radius 2 is 2.39 bits per heavy atom. The molecular weight excluding hydrogens is 248 g/mol. The minimum Gasteiger partial charge on any atom is -0.392 e. The third kappa shape index (κ3) is 2.38. The fourth-order valence-corrected chi connectivity index (χ4v) is 2.53. The summed E-state index contributed by atoms with van der Waals surface area (Å²) >= 11 is 5.03. The van der Waals surface area contributed by atoms with E-state index in [0.29, 0.717) is 11.5 Å². The number of aromatic nitrogens is 2. The second-order valence-electron chi connectivity index (χ2n) is 4.93. The number of thiocarbonyl (C=S) groups is 1. The van der Waals surface area contributed by atoms with Gasteiger partial charge in [-0.25, -0.2) is 4.98 Å². The molecule has 5 nitrogen and oxygen atoms in total. The summed E-state index contributed by atoms with van der Waals surface area (Å²) in [6.45, 7) is 2.66. The van der Waals surface area contributed by atoms with Gasteiger partial charge in [-0.2, -0.15) is 0 Å². The SMILES string of the molecule is CC(Cn1ccnc1)NC(=O)C1(C(N)=S)CCC1. The molecule has 0 saturated heterocycles. The summed E-state index contributed by atoms with van der Waals surface area (Å²) < 4.78 is 1.93. The Morgan fingerprint density at radius 3 is 2.83 bits per heavy atom. The van der Waals surface area contributed by atoms with E-state index in [2.05, 4.69) is 10.3 Å². The fourth-order valence-electron chi connectivity index (χ4n) is 2.23. The molecule has 6 heteroatoms. The molecule has 0 radical (unpaired) electrons. The van der Waals surface area contributed by atoms with Gasteiger partial charge in [0.25, 0.3) is 0 Å². The van der Waals surface area contributed by atoms with Gasteiger partial charge in [0.15, 0.2) is 0 Å². The number of carbonyl (C=O) groups excluding carboxylic acids is 1. The lowest BCUT2D eigenvalue weighted by Gasteiger charge is -2.39. The van der Waals surface area contributed by atoms with Gasteiger partial charge in [0.1, 0.15) is 0 Å². The molecule has 0 aliphatic heterocycles. The Kier molecular flexibility index (Phi) is 3.65. The third-order valence-corrected chi connectivity index (χ3v) is 3.93. The van der Waals surface area contributed by atoms with Crippen LogP contribution in [0.4, 0.5) is 0 Å². The average Bonchev–Trinajstić information content (AvgIpc) is 2.66. The van der Waals surface area contributed by atoms with Crippen LogP contribution in [0.1, 0.15) is 26.2 Å². The van der Waals surface area contributed by atoms with Gasteiger partial charge in [-0.3, -0.25) is 4.79 Å². The second kappa shape index (κ2) is 5.06. The number of hydrogen-bond acceptors (Lipinski definition) is 3. The van der Waals surface area contributed by atoms with Crippen molar-refractivity contribution in [3.63, 3.8) is 0 Å². The quantitative estimate of drug-likeness (QED) is 0.775. The van der Waals surface area contributed by atoms with Gasteiger partial charge >= 0.3 is 0 Å². The maximum Gasteiger partial charge on any atom is 0.233 e. The summed E-state index contributed by atoms with van der Waals surface area (Å²) in [7, 11) is 0. The topological polar surface area (TPSA) is 72.9 Å². The standard InChI is InChI=1S/C12H18N4OS/c1-9(7-16-6-5-14-8-16)15-11(17)12(10(13)18)3-2-4-12/h5-6,8-9H,2-4,7H2,1H3,(H2,13,18)(H,15,17). The number of nitrogens with two attached hydrogens (primary N) is 1. The van der Waals surface area contributed by atoms with Gasteiger partial charge < -0.3 is 15.6 Å². The molecule has 1 aliphatic carbocycles. The molecule has 1 atom stereocenters. The smallest absolute Gasteiger partial charge is 0.233 e. The van der Waals surface area contributed by atoms with Gasteiger partial charge in [0.2, 0.25) is 5.91 Å². The van der Waals surface area contributed by atoms with Gasteiger partial charge in [0.05, 0.1) is 16.7 Å². The van der Waals surface area contributed by atoms with E-state index in [4.69, 9.17) is 18.0 Å². The molecule has 3 N–H and O–H groups in total. The summed E-state index contributed by atoms with van der Waals surface area (Å²) in [5.74, 6) is -0.0335. The highest BCUT2D eigenvalue weighted by Gasteiger charge is 2.47. The fraction of sp³-hybridized carbons (Fsp3) is 0.583. The molecule has 1 aromatic heterocycles. The first-order valence-corrected chi connectivity index (χ1v) is 6.52. The van der Waals surface area contributed by atoms with Crippen molar-refractivity contribution in [2.24, 2.45) is 11.1 Å². The van der Waals surface area contributed by atoms with Crippen molar-refractivity contribution >= 4 is 23.1 Å². The predicted octanol–water partition coefficient (Wildman–Crippen LogP) is 0.844. The Bertz CT molecular complexity index is 439. The molecule has 1 aromatic rings. The van der Waals surface area contributed by atoms with Crippen LogP contribution in [0.15, 0.2) is 18.7 Å². The zero-order valence-corrected chi connectivity index (χ0v) is 11.2. The van der Waals surface area contributed by atoms with Crippen molar-refractivity contribution in [1.82, 2.24) is 14.9 Å². The monoisotopic (exact) mass is 266 g/mol. The number of hydrogen-bond donors (Lipinski definition) is 2. The average molecular weight is 266 g/mol. The van der Waals surface area contributed by atoms with Gasteiger partial charge in [-0.1, -0.05) is 18.6 Å². The molecule has 1 heterocycles. The number of rotatable bonds is 5. The normalized spacial score (nSPS) is 18.7. The molecule has 1 fully saturated rings. The van der Waals surface area contributed by atoms with Crippen LogP contribution in [0, 0.1) is 5.41 Å². The van der Waals surface area contributed by atoms with Crippen molar-refractivity contribution in [1.29, 1.82) is 0 Å². The molecular formula is C12H18N4OS. The highest BCUT2D eigenvalue weighted by atomic mass is 32.1. The maximum atomic E-state index is 12.2. The van der Waals surface area contributed by atoms with Crippen molar-refractivity contribution in [2.75, 3.05) is 0 Å². The Hall–Kier alpha value is -1.43. The number of carbonyl (C=O) groups is 1. The lowest BCUT2D eigenvalue weighted by atomic mass is 9.68. The number of nitrogens with one attached hydrogen (secondary N) is 1. The molecule has 18 heavy (non-hydrogen) atoms. The largest absolute Gasteiger partial charge is 0.392 e. The Morgan fingerprint density at radius 1 is 1.67 bits per heavy atom. The van der Waals surface area contributed by atoms with Crippen LogP contribution >= 0.6 is 12.2 Å². The maximum absolute atomic E-state index is 12.2. The first-order chi connectivity index (χ1) is 8.54. The summed E-state index contributed by atoms with van der Waals surface area (Å²) in [6, 6.07) is 0.0264. The highest BCUT2D eigenvalue weighted by Crippen LogP contribution is 2.41. The van der Waals surface area contributed by atoms with E-state index >= 15 is 0 Å². The zero-order valence-electron chi connectivity index (χ0n) is 10.4. The molecule has 98 valence electrons. The lowest BCUT2D eigenvalue weighted by Crippen LogP contribution is -2.55. The number of nitrogens with zero attached hydrogens (tertiary/aromatic N) is 2. The summed E-state index contributed by atoms with van der Waals surface area (Å²) in [4.78, 5) is 16.5. The number of imidazole rings is 1. The molecule has 1 aliphatic rings. The van der Waals surface area contributed by atoms with Crippen LogP contribution in [-0.2, 0) is 11.3 Å². The van der Waals surface area contributed by atoms with Crippen molar-refractivity contribution < 1.29 is 4.79 Å². The summed E-state index contributed by atoms with van der Waals surface area (Å²) in [5.41, 5.74) is 5.10. The van der Waals surface area contributed by atoms with Crippen LogP contribution in [0.2, 0.25) is 0 Å². The Balaban J connectivity index is 1.92. The molecule has 2 rings (SSSR count). The van der Waals surface area contributed by atoms with Crippen molar-refractivity contribution in [3.05, 3.63) is 18.7 Å². The van der Waals surface area contributed by atoms with Crippen LogP contribution < -0.4 is 11.1 Å². The predicted molar refractivity (Wildman–Crippen MR) is 72.9 cm³/mol. The molecule has 0 bridgehead atoms. The third-order valence-electron chi connectivity index (χ3n) is 3.53. The van der Waals surface area contributed by atoms with Crippen molar-refractivity contribution in [3.8, 4) is 0 Å². The van der Waals surface area contributed by atoms with Crippen LogP contribution in [-0.4, -0.2) is 26.5 Å². The minimum absolute atomic E-state index is 0.0264. The second-order valence-corrected chi connectivity index (χ2v) is 5.37. The van der Waals surface area contributed by atoms with E-state index in [1.165, 1.54) is 0 Å². The first-order valence-electron chi connectivity index (χ1n) is 6.11. The van der Waals surface area contributed by atoms with E-state index in [1.807, 2.05) is 17.7 Å². The van der Waals surface area contributed by atoms with Gasteiger partial charge in [0, 0.05) is 25.0 Å². The van der Waals surface area contributed by atoms with Crippen LogP contribution in [0.3, 0.4) is 0 Å². The van der Waals surface area contributed by atoms with Crippen LogP contribution in [0.25, 0.3) is 0 Å². The van der Waals surface area contributed by atoms with Crippen LogP contribution in [0.5, 0.6) is 0 Å². The highest BCUT2D eigenvalue weighted by molar-refractivity contribution is 7.80. The van der Waals surface area contributed by atoms with E-state index in [0.717, 1.165) is 19.3 Å². The summed E-state index contributed by atoms with van der Waals surface area (Å²) in [6.07, 6.45) is 7.88.